The minimum absolute atomic E-state index is 0.0215. The topological polar surface area (TPSA) is 83.0 Å². The average molecular weight is 405 g/mol. The fourth-order valence-electron chi connectivity index (χ4n) is 3.75. The smallest absolute Gasteiger partial charge is 0.209 e. The van der Waals surface area contributed by atoms with Crippen molar-refractivity contribution in [3.05, 3.63) is 65.4 Å². The molecule has 0 aliphatic heterocycles. The van der Waals surface area contributed by atoms with E-state index in [4.69, 9.17) is 10.1 Å². The van der Waals surface area contributed by atoms with Crippen LogP contribution in [0.1, 0.15) is 48.2 Å². The van der Waals surface area contributed by atoms with Gasteiger partial charge in [-0.1, -0.05) is 31.2 Å². The van der Waals surface area contributed by atoms with Gasteiger partial charge in [-0.15, -0.1) is 0 Å². The summed E-state index contributed by atoms with van der Waals surface area (Å²) in [5.41, 5.74) is 3.62. The summed E-state index contributed by atoms with van der Waals surface area (Å²) in [6.45, 7) is 3.46. The lowest BCUT2D eigenvalue weighted by Gasteiger charge is -2.11. The van der Waals surface area contributed by atoms with E-state index >= 15 is 0 Å². The Bertz CT molecular complexity index is 1080. The van der Waals surface area contributed by atoms with Gasteiger partial charge in [0.25, 0.3) is 0 Å². The molecule has 1 atom stereocenters. The Morgan fingerprint density at radius 3 is 2.67 bits per heavy atom. The molecule has 0 spiro atoms. The lowest BCUT2D eigenvalue weighted by atomic mass is 9.93. The van der Waals surface area contributed by atoms with Crippen molar-refractivity contribution in [1.82, 2.24) is 4.98 Å². The number of nitrogens with one attached hydrogen (secondary N) is 2. The third kappa shape index (κ3) is 4.85. The Morgan fingerprint density at radius 1 is 1.17 bits per heavy atom. The van der Waals surface area contributed by atoms with E-state index in [1.165, 1.54) is 25.0 Å². The highest BCUT2D eigenvalue weighted by Crippen LogP contribution is 2.24. The molecule has 5 nitrogen and oxygen atoms in total. The Kier molecular flexibility index (Phi) is 6.83. The number of benzene rings is 2. The molecule has 0 saturated heterocycles. The van der Waals surface area contributed by atoms with Crippen LogP contribution in [0, 0.1) is 11.3 Å². The van der Waals surface area contributed by atoms with Crippen LogP contribution in [0.15, 0.2) is 48.7 Å². The van der Waals surface area contributed by atoms with Crippen LogP contribution in [0.3, 0.4) is 0 Å². The van der Waals surface area contributed by atoms with E-state index in [2.05, 4.69) is 11.1 Å². The predicted molar refractivity (Wildman–Crippen MR) is 120 cm³/mol. The molecule has 3 aromatic rings. The monoisotopic (exact) mass is 404 g/mol. The number of carbonyl (C=O) groups is 2. The number of fused-ring (bicyclic) bond motifs is 1. The first kappa shape index (κ1) is 21.5. The molecule has 2 aromatic carbocycles. The average Bonchev–Trinajstić information content (AvgIpc) is 3.15. The van der Waals surface area contributed by atoms with Crippen LogP contribution in [-0.4, -0.2) is 29.4 Å². The maximum atomic E-state index is 12.6. The summed E-state index contributed by atoms with van der Waals surface area (Å²) in [5, 5.41) is 8.78. The maximum Gasteiger partial charge on any atom is 0.209 e. The summed E-state index contributed by atoms with van der Waals surface area (Å²) in [4.78, 5) is 28.1. The van der Waals surface area contributed by atoms with Gasteiger partial charge < -0.3 is 15.1 Å². The highest BCUT2D eigenvalue weighted by Gasteiger charge is 2.17. The van der Waals surface area contributed by atoms with Crippen LogP contribution < -0.4 is 4.74 Å². The molecule has 0 amide bonds. The van der Waals surface area contributed by atoms with E-state index in [0.717, 1.165) is 23.9 Å². The van der Waals surface area contributed by atoms with E-state index in [9.17, 15) is 9.59 Å². The summed E-state index contributed by atoms with van der Waals surface area (Å²) >= 11 is 0. The van der Waals surface area contributed by atoms with Crippen LogP contribution >= 0.6 is 0 Å². The third-order valence-corrected chi connectivity index (χ3v) is 5.49. The number of hydrogen-bond donors (Lipinski definition) is 2. The zero-order valence-corrected chi connectivity index (χ0v) is 17.7. The number of aromatic nitrogens is 1. The van der Waals surface area contributed by atoms with Crippen molar-refractivity contribution >= 4 is 28.2 Å². The van der Waals surface area contributed by atoms with Gasteiger partial charge in [-0.3, -0.25) is 9.59 Å². The molecule has 0 bridgehead atoms. The van der Waals surface area contributed by atoms with Crippen LogP contribution in [0.25, 0.3) is 10.9 Å². The molecule has 0 saturated carbocycles. The number of ether oxygens (including phenoxy) is 1. The van der Waals surface area contributed by atoms with Gasteiger partial charge in [0, 0.05) is 29.4 Å². The van der Waals surface area contributed by atoms with Crippen LogP contribution in [0.2, 0.25) is 0 Å². The van der Waals surface area contributed by atoms with Gasteiger partial charge in [-0.25, -0.2) is 0 Å². The van der Waals surface area contributed by atoms with E-state index in [-0.39, 0.29) is 23.2 Å². The normalized spacial score (nSPS) is 12.0. The highest BCUT2D eigenvalue weighted by molar-refractivity contribution is 6.44. The van der Waals surface area contributed by atoms with E-state index < -0.39 is 0 Å². The van der Waals surface area contributed by atoms with Gasteiger partial charge >= 0.3 is 0 Å². The maximum absolute atomic E-state index is 12.6. The fourth-order valence-corrected chi connectivity index (χ4v) is 3.75. The van der Waals surface area contributed by atoms with Crippen LogP contribution in [0.5, 0.6) is 5.75 Å². The molecule has 1 heterocycles. The van der Waals surface area contributed by atoms with Crippen molar-refractivity contribution < 1.29 is 14.3 Å². The van der Waals surface area contributed by atoms with Crippen LogP contribution in [0.4, 0.5) is 0 Å². The number of carbonyl (C=O) groups excluding carboxylic acids is 2. The summed E-state index contributed by atoms with van der Waals surface area (Å²) in [6.07, 6.45) is 4.65. The molecule has 2 N–H and O–H groups in total. The second kappa shape index (κ2) is 9.53. The van der Waals surface area contributed by atoms with Crippen LogP contribution in [-0.2, 0) is 17.6 Å². The molecule has 3 rings (SSSR count). The molecule has 1 unspecified atom stereocenters. The zero-order valence-electron chi connectivity index (χ0n) is 17.7. The minimum Gasteiger partial charge on any atom is -0.496 e. The minimum atomic E-state index is -0.336. The Morgan fingerprint density at radius 2 is 1.93 bits per heavy atom. The molecule has 156 valence electrons. The lowest BCUT2D eigenvalue weighted by Crippen LogP contribution is -2.14. The van der Waals surface area contributed by atoms with E-state index in [1.54, 1.807) is 12.1 Å². The Hall–Kier alpha value is -3.21. The summed E-state index contributed by atoms with van der Waals surface area (Å²) in [7, 11) is 1.51. The number of hydrogen-bond acceptors (Lipinski definition) is 4. The van der Waals surface area contributed by atoms with Gasteiger partial charge in [0.2, 0.25) is 5.78 Å². The molecule has 5 heteroatoms. The largest absolute Gasteiger partial charge is 0.496 e. The first-order valence-electron chi connectivity index (χ1n) is 10.2. The summed E-state index contributed by atoms with van der Waals surface area (Å²) < 4.78 is 5.25. The van der Waals surface area contributed by atoms with E-state index in [0.29, 0.717) is 24.2 Å². The Labute approximate surface area is 177 Å². The van der Waals surface area contributed by atoms with Gasteiger partial charge in [0.1, 0.15) is 11.5 Å². The molecule has 1 aromatic heterocycles. The number of Topliss-reactive ketones (excluding diaryl/α,β-unsaturated/α-hetero) is 2. The zero-order chi connectivity index (χ0) is 21.7. The van der Waals surface area contributed by atoms with E-state index in [1.807, 2.05) is 37.4 Å². The quantitative estimate of drug-likeness (QED) is 0.361. The summed E-state index contributed by atoms with van der Waals surface area (Å²) in [5.74, 6) is 0.342. The third-order valence-electron chi connectivity index (χ3n) is 5.49. The summed E-state index contributed by atoms with van der Waals surface area (Å²) in [6, 6.07) is 13.6. The molecule has 0 aliphatic carbocycles. The standard InChI is InChI=1S/C25H28N2O3/c1-16(13-19-15-27-22-9-5-4-8-20(19)22)23(28)10-6-7-18-11-12-24(30-3)21(14-18)25(29)17(2)26/h4-5,8-9,11-12,14-16,26-27H,6-7,10,13H2,1-3H3. The predicted octanol–water partition coefficient (Wildman–Crippen LogP) is 5.17. The van der Waals surface area contributed by atoms with Gasteiger partial charge in [-0.2, -0.15) is 0 Å². The van der Waals surface area contributed by atoms with Crippen molar-refractivity contribution in [2.24, 2.45) is 5.92 Å². The number of para-hydroxylation sites is 1. The number of ketones is 2. The SMILES string of the molecule is COc1ccc(CCCC(=O)C(C)Cc2c[nH]c3ccccc23)cc1C(=O)C(C)=N. The number of rotatable bonds is 10. The molecular weight excluding hydrogens is 376 g/mol. The number of H-pyrrole nitrogens is 1. The highest BCUT2D eigenvalue weighted by atomic mass is 16.5. The molecule has 30 heavy (non-hydrogen) atoms. The van der Waals surface area contributed by atoms with Gasteiger partial charge in [-0.05, 0) is 55.5 Å². The molecule has 0 radical (unpaired) electrons. The van der Waals surface area contributed by atoms with Crippen molar-refractivity contribution in [3.63, 3.8) is 0 Å². The van der Waals surface area contributed by atoms with Crippen molar-refractivity contribution in [2.75, 3.05) is 7.11 Å². The first-order valence-corrected chi connectivity index (χ1v) is 10.2. The Balaban J connectivity index is 1.58. The van der Waals surface area contributed by atoms with Crippen molar-refractivity contribution in [3.8, 4) is 5.75 Å². The second-order valence-corrected chi connectivity index (χ2v) is 7.77. The first-order chi connectivity index (χ1) is 14.4. The van der Waals surface area contributed by atoms with Crippen molar-refractivity contribution in [1.29, 1.82) is 5.41 Å². The molecule has 0 fully saturated rings. The number of aromatic amines is 1. The second-order valence-electron chi connectivity index (χ2n) is 7.77. The number of methoxy groups -OCH3 is 1. The molecular formula is C25H28N2O3. The number of aryl methyl sites for hydroxylation is 1. The molecule has 0 aliphatic rings. The van der Waals surface area contributed by atoms with Gasteiger partial charge in [0.15, 0.2) is 0 Å². The van der Waals surface area contributed by atoms with Gasteiger partial charge in [0.05, 0.1) is 18.4 Å². The van der Waals surface area contributed by atoms with Crippen molar-refractivity contribution in [2.45, 2.75) is 39.5 Å². The lowest BCUT2D eigenvalue weighted by molar-refractivity contribution is -0.122. The fraction of sp³-hybridized carbons (Fsp3) is 0.320.